The van der Waals surface area contributed by atoms with Crippen LogP contribution in [0.2, 0.25) is 0 Å². The number of hydrogen-bond donors (Lipinski definition) is 3. The molecule has 0 radical (unpaired) electrons. The molecule has 0 spiro atoms. The summed E-state index contributed by atoms with van der Waals surface area (Å²) in [4.78, 5) is 26.0. The largest absolute Gasteiger partial charge is 0.354 e. The highest BCUT2D eigenvalue weighted by Gasteiger charge is 2.48. The van der Waals surface area contributed by atoms with Gasteiger partial charge in [-0.15, -0.1) is 22.9 Å². The van der Waals surface area contributed by atoms with Crippen LogP contribution in [0.5, 0.6) is 0 Å². The number of rotatable bonds is 7. The molecule has 1 saturated heterocycles. The van der Waals surface area contributed by atoms with Gasteiger partial charge in [0.2, 0.25) is 17.8 Å². The number of hydrogen-bond acceptors (Lipinski definition) is 8. The molecule has 1 amide bonds. The quantitative estimate of drug-likeness (QED) is 0.510. The highest BCUT2D eigenvalue weighted by Crippen LogP contribution is 2.40. The minimum Gasteiger partial charge on any atom is -0.354 e. The number of carbonyl (C=O) groups excluding carboxylic acids is 1. The molecule has 10 heteroatoms. The molecule has 1 aliphatic rings. The van der Waals surface area contributed by atoms with E-state index in [4.69, 9.17) is 11.6 Å². The minimum atomic E-state index is -0.584. The van der Waals surface area contributed by atoms with Crippen molar-refractivity contribution in [3.05, 3.63) is 22.4 Å². The minimum absolute atomic E-state index is 0.203. The standard InChI is InChI=1S/C14H18ClN7OS/c1-3-16-12-18-13(17-4-2)20-14(19-12)21-22-10(9(15)11(22)23)8-6-5-7-24-8/h5-7,9-10H,3-4H2,1-2H3,(H3,16,17,18,19,20,21). The molecule has 0 aliphatic carbocycles. The summed E-state index contributed by atoms with van der Waals surface area (Å²) >= 11 is 7.73. The summed E-state index contributed by atoms with van der Waals surface area (Å²) in [5.74, 6) is 0.962. The van der Waals surface area contributed by atoms with E-state index in [9.17, 15) is 4.79 Å². The van der Waals surface area contributed by atoms with Crippen molar-refractivity contribution in [1.29, 1.82) is 0 Å². The lowest BCUT2D eigenvalue weighted by Gasteiger charge is -2.43. The predicted octanol–water partition coefficient (Wildman–Crippen LogP) is 2.31. The van der Waals surface area contributed by atoms with Crippen LogP contribution in [-0.2, 0) is 4.79 Å². The average Bonchev–Trinajstić information content (AvgIpc) is 3.08. The fourth-order valence-corrected chi connectivity index (χ4v) is 3.60. The fraction of sp³-hybridized carbons (Fsp3) is 0.429. The molecule has 2 unspecified atom stereocenters. The molecule has 3 heterocycles. The van der Waals surface area contributed by atoms with Crippen molar-refractivity contribution in [3.8, 4) is 0 Å². The van der Waals surface area contributed by atoms with Crippen molar-refractivity contribution in [2.45, 2.75) is 25.3 Å². The van der Waals surface area contributed by atoms with E-state index >= 15 is 0 Å². The maximum Gasteiger partial charge on any atom is 0.262 e. The van der Waals surface area contributed by atoms with Crippen molar-refractivity contribution < 1.29 is 4.79 Å². The van der Waals surface area contributed by atoms with Crippen molar-refractivity contribution in [2.75, 3.05) is 29.1 Å². The lowest BCUT2D eigenvalue weighted by atomic mass is 10.0. The molecule has 8 nitrogen and oxygen atoms in total. The van der Waals surface area contributed by atoms with Gasteiger partial charge in [0, 0.05) is 18.0 Å². The molecule has 3 rings (SSSR count). The first kappa shape index (κ1) is 16.7. The number of halogens is 1. The zero-order chi connectivity index (χ0) is 17.1. The first-order valence-corrected chi connectivity index (χ1v) is 8.96. The average molecular weight is 368 g/mol. The van der Waals surface area contributed by atoms with E-state index in [1.165, 1.54) is 5.01 Å². The van der Waals surface area contributed by atoms with Gasteiger partial charge in [0.15, 0.2) is 0 Å². The van der Waals surface area contributed by atoms with E-state index < -0.39 is 5.38 Å². The maximum atomic E-state index is 12.1. The fourth-order valence-electron chi connectivity index (χ4n) is 2.32. The van der Waals surface area contributed by atoms with Crippen LogP contribution < -0.4 is 16.1 Å². The highest BCUT2D eigenvalue weighted by atomic mass is 35.5. The van der Waals surface area contributed by atoms with Gasteiger partial charge < -0.3 is 10.6 Å². The third kappa shape index (κ3) is 3.22. The lowest BCUT2D eigenvalue weighted by Crippen LogP contribution is -2.58. The van der Waals surface area contributed by atoms with Crippen LogP contribution in [0.4, 0.5) is 17.8 Å². The first-order valence-electron chi connectivity index (χ1n) is 7.65. The zero-order valence-corrected chi connectivity index (χ0v) is 14.9. The summed E-state index contributed by atoms with van der Waals surface area (Å²) in [6, 6.07) is 3.65. The summed E-state index contributed by atoms with van der Waals surface area (Å²) in [6.07, 6.45) is 0. The van der Waals surface area contributed by atoms with Gasteiger partial charge in [-0.05, 0) is 25.3 Å². The maximum absolute atomic E-state index is 12.1. The number of hydrazine groups is 1. The molecule has 0 aromatic carbocycles. The van der Waals surface area contributed by atoms with Gasteiger partial charge in [-0.3, -0.25) is 10.2 Å². The topological polar surface area (TPSA) is 95.1 Å². The van der Waals surface area contributed by atoms with E-state index in [2.05, 4.69) is 31.0 Å². The first-order chi connectivity index (χ1) is 11.6. The van der Waals surface area contributed by atoms with E-state index in [0.29, 0.717) is 25.0 Å². The van der Waals surface area contributed by atoms with E-state index in [1.807, 2.05) is 31.4 Å². The number of β-lactam (4-membered cyclic amide) rings is 1. The second-order valence-corrected chi connectivity index (χ2v) is 6.50. The molecule has 0 saturated carbocycles. The number of alkyl halides is 1. The zero-order valence-electron chi connectivity index (χ0n) is 13.3. The van der Waals surface area contributed by atoms with E-state index in [1.54, 1.807) is 11.3 Å². The van der Waals surface area contributed by atoms with Crippen LogP contribution >= 0.6 is 22.9 Å². The van der Waals surface area contributed by atoms with Crippen LogP contribution in [0.3, 0.4) is 0 Å². The van der Waals surface area contributed by atoms with Crippen molar-refractivity contribution in [3.63, 3.8) is 0 Å². The van der Waals surface area contributed by atoms with Gasteiger partial charge in [-0.2, -0.15) is 15.0 Å². The molecule has 1 aliphatic heterocycles. The van der Waals surface area contributed by atoms with Gasteiger partial charge in [-0.25, -0.2) is 5.01 Å². The summed E-state index contributed by atoms with van der Waals surface area (Å²) in [7, 11) is 0. The summed E-state index contributed by atoms with van der Waals surface area (Å²) in [6.45, 7) is 5.26. The molecule has 128 valence electrons. The van der Waals surface area contributed by atoms with Crippen LogP contribution in [0.1, 0.15) is 24.8 Å². The van der Waals surface area contributed by atoms with Gasteiger partial charge >= 0.3 is 0 Å². The third-order valence-electron chi connectivity index (χ3n) is 3.39. The van der Waals surface area contributed by atoms with Crippen molar-refractivity contribution in [2.24, 2.45) is 0 Å². The summed E-state index contributed by atoms with van der Waals surface area (Å²) < 4.78 is 0. The Morgan fingerprint density at radius 1 is 1.17 bits per heavy atom. The summed E-state index contributed by atoms with van der Waals surface area (Å²) in [5.41, 5.74) is 2.96. The second kappa shape index (κ2) is 7.18. The number of anilines is 3. The Bertz CT molecular complexity index is 687. The Labute approximate surface area is 148 Å². The van der Waals surface area contributed by atoms with Gasteiger partial charge in [-0.1, -0.05) is 6.07 Å². The molecule has 24 heavy (non-hydrogen) atoms. The van der Waals surface area contributed by atoms with Crippen LogP contribution in [0.25, 0.3) is 0 Å². The molecule has 2 atom stereocenters. The van der Waals surface area contributed by atoms with E-state index in [-0.39, 0.29) is 17.9 Å². The molecule has 0 bridgehead atoms. The third-order valence-corrected chi connectivity index (χ3v) is 4.76. The normalized spacial score (nSPS) is 19.8. The molecular formula is C14H18ClN7OS. The molecular weight excluding hydrogens is 350 g/mol. The lowest BCUT2D eigenvalue weighted by molar-refractivity contribution is -0.142. The SMILES string of the molecule is CCNc1nc(NCC)nc(NN2C(=O)C(Cl)C2c2cccs2)n1. The molecule has 2 aromatic heterocycles. The smallest absolute Gasteiger partial charge is 0.262 e. The Morgan fingerprint density at radius 2 is 1.79 bits per heavy atom. The Kier molecular flexibility index (Phi) is 5.00. The molecule has 3 N–H and O–H groups in total. The molecule has 2 aromatic rings. The number of thiophene rings is 1. The number of amides is 1. The van der Waals surface area contributed by atoms with Crippen LogP contribution in [0, 0.1) is 0 Å². The van der Waals surface area contributed by atoms with Gasteiger partial charge in [0.05, 0.1) is 0 Å². The van der Waals surface area contributed by atoms with Crippen molar-refractivity contribution >= 4 is 46.7 Å². The van der Waals surface area contributed by atoms with E-state index in [0.717, 1.165) is 4.88 Å². The van der Waals surface area contributed by atoms with Gasteiger partial charge in [0.25, 0.3) is 5.91 Å². The predicted molar refractivity (Wildman–Crippen MR) is 95.3 cm³/mol. The van der Waals surface area contributed by atoms with Gasteiger partial charge in [0.1, 0.15) is 11.4 Å². The number of aromatic nitrogens is 3. The highest BCUT2D eigenvalue weighted by molar-refractivity contribution is 7.10. The number of carbonyl (C=O) groups is 1. The monoisotopic (exact) mass is 367 g/mol. The Balaban J connectivity index is 1.82. The molecule has 1 fully saturated rings. The number of nitrogens with zero attached hydrogens (tertiary/aromatic N) is 4. The van der Waals surface area contributed by atoms with Crippen LogP contribution in [-0.4, -0.2) is 44.3 Å². The Hall–Kier alpha value is -2.13. The Morgan fingerprint density at radius 3 is 2.33 bits per heavy atom. The summed E-state index contributed by atoms with van der Waals surface area (Å²) in [5, 5.41) is 8.92. The van der Waals surface area contributed by atoms with Crippen molar-refractivity contribution in [1.82, 2.24) is 20.0 Å². The second-order valence-electron chi connectivity index (χ2n) is 5.05. The van der Waals surface area contributed by atoms with Crippen LogP contribution in [0.15, 0.2) is 17.5 Å². The number of nitrogens with one attached hydrogen (secondary N) is 3.